The van der Waals surface area contributed by atoms with E-state index in [4.69, 9.17) is 11.5 Å². The van der Waals surface area contributed by atoms with Crippen LogP contribution in [0.4, 0.5) is 0 Å². The first-order valence-corrected chi connectivity index (χ1v) is 3.72. The van der Waals surface area contributed by atoms with E-state index in [-0.39, 0.29) is 0 Å². The lowest BCUT2D eigenvalue weighted by Crippen LogP contribution is -2.27. The van der Waals surface area contributed by atoms with E-state index in [0.29, 0.717) is 5.56 Å². The van der Waals surface area contributed by atoms with Crippen LogP contribution in [0.2, 0.25) is 0 Å². The number of carbonyl (C=O) groups is 1. The molecule has 5 nitrogen and oxygen atoms in total. The van der Waals surface area contributed by atoms with Gasteiger partial charge in [0.15, 0.2) is 0 Å². The first-order chi connectivity index (χ1) is 5.65. The molecule has 0 aromatic carbocycles. The molecular formula is C7H12N4O. The molecular weight excluding hydrogens is 156 g/mol. The Bertz CT molecular complexity index is 281. The normalized spacial score (nSPS) is 12.8. The quantitative estimate of drug-likeness (QED) is 0.631. The van der Waals surface area contributed by atoms with Crippen molar-refractivity contribution in [2.24, 2.45) is 11.5 Å². The monoisotopic (exact) mass is 168 g/mol. The molecule has 0 fully saturated rings. The van der Waals surface area contributed by atoms with Gasteiger partial charge >= 0.3 is 0 Å². The molecule has 5 heteroatoms. The topological polar surface area (TPSA) is 86.9 Å². The van der Waals surface area contributed by atoms with Crippen molar-refractivity contribution < 1.29 is 4.79 Å². The minimum absolute atomic E-state index is 0.536. The van der Waals surface area contributed by atoms with Crippen molar-refractivity contribution in [1.82, 2.24) is 9.78 Å². The number of amides is 1. The highest BCUT2D eigenvalue weighted by Gasteiger charge is 2.13. The molecule has 0 radical (unpaired) electrons. The van der Waals surface area contributed by atoms with E-state index in [1.807, 2.05) is 6.92 Å². The standard InChI is InChI=1S/C7H12N4O/c1-2-11-4-5(3-10-11)6(8)7(9)12/h3-4,6H,2,8H2,1H3,(H2,9,12). The summed E-state index contributed by atoms with van der Waals surface area (Å²) in [5.41, 5.74) is 11.2. The Morgan fingerprint density at radius 3 is 2.92 bits per heavy atom. The third-order valence-electron chi connectivity index (χ3n) is 1.64. The van der Waals surface area contributed by atoms with E-state index >= 15 is 0 Å². The maximum absolute atomic E-state index is 10.7. The van der Waals surface area contributed by atoms with Crippen LogP contribution in [-0.4, -0.2) is 15.7 Å². The van der Waals surface area contributed by atoms with Crippen molar-refractivity contribution in [2.75, 3.05) is 0 Å². The van der Waals surface area contributed by atoms with Gasteiger partial charge in [-0.1, -0.05) is 0 Å². The van der Waals surface area contributed by atoms with Crippen molar-refractivity contribution >= 4 is 5.91 Å². The second kappa shape index (κ2) is 3.36. The molecule has 0 aliphatic heterocycles. The smallest absolute Gasteiger partial charge is 0.239 e. The fraction of sp³-hybridized carbons (Fsp3) is 0.429. The van der Waals surface area contributed by atoms with Crippen molar-refractivity contribution in [3.8, 4) is 0 Å². The average Bonchev–Trinajstić information content (AvgIpc) is 2.50. The van der Waals surface area contributed by atoms with E-state index in [2.05, 4.69) is 5.10 Å². The summed E-state index contributed by atoms with van der Waals surface area (Å²) in [5.74, 6) is -0.536. The van der Waals surface area contributed by atoms with Crippen LogP contribution >= 0.6 is 0 Å². The Balaban J connectivity index is 2.81. The number of rotatable bonds is 3. The van der Waals surface area contributed by atoms with Gasteiger partial charge in [-0.05, 0) is 6.92 Å². The average molecular weight is 168 g/mol. The number of carbonyl (C=O) groups excluding carboxylic acids is 1. The summed E-state index contributed by atoms with van der Waals surface area (Å²) >= 11 is 0. The van der Waals surface area contributed by atoms with Crippen molar-refractivity contribution in [1.29, 1.82) is 0 Å². The number of aryl methyl sites for hydroxylation is 1. The zero-order chi connectivity index (χ0) is 9.14. The minimum Gasteiger partial charge on any atom is -0.368 e. The Kier molecular flexibility index (Phi) is 2.44. The molecule has 1 heterocycles. The first kappa shape index (κ1) is 8.73. The Morgan fingerprint density at radius 1 is 1.83 bits per heavy atom. The number of hydrogen-bond donors (Lipinski definition) is 2. The van der Waals surface area contributed by atoms with Crippen molar-refractivity contribution in [3.63, 3.8) is 0 Å². The van der Waals surface area contributed by atoms with E-state index in [1.165, 1.54) is 0 Å². The minimum atomic E-state index is -0.745. The Labute approximate surface area is 70.3 Å². The molecule has 0 aliphatic rings. The van der Waals surface area contributed by atoms with Gasteiger partial charge in [0, 0.05) is 18.3 Å². The van der Waals surface area contributed by atoms with Gasteiger partial charge in [0.05, 0.1) is 6.20 Å². The molecule has 4 N–H and O–H groups in total. The van der Waals surface area contributed by atoms with Crippen molar-refractivity contribution in [3.05, 3.63) is 18.0 Å². The summed E-state index contributed by atoms with van der Waals surface area (Å²) in [7, 11) is 0. The lowest BCUT2D eigenvalue weighted by atomic mass is 10.2. The molecule has 0 saturated heterocycles. The second-order valence-electron chi connectivity index (χ2n) is 2.51. The van der Waals surface area contributed by atoms with Gasteiger partial charge in [0.2, 0.25) is 5.91 Å². The van der Waals surface area contributed by atoms with Gasteiger partial charge in [-0.15, -0.1) is 0 Å². The molecule has 12 heavy (non-hydrogen) atoms. The fourth-order valence-electron chi connectivity index (χ4n) is 0.877. The SMILES string of the molecule is CCn1cc(C(N)C(N)=O)cn1. The van der Waals surface area contributed by atoms with E-state index in [9.17, 15) is 4.79 Å². The highest BCUT2D eigenvalue weighted by molar-refractivity contribution is 5.80. The van der Waals surface area contributed by atoms with E-state index < -0.39 is 11.9 Å². The summed E-state index contributed by atoms with van der Waals surface area (Å²) in [6.07, 6.45) is 3.27. The molecule has 0 aliphatic carbocycles. The maximum atomic E-state index is 10.7. The summed E-state index contributed by atoms with van der Waals surface area (Å²) < 4.78 is 1.69. The Morgan fingerprint density at radius 2 is 2.50 bits per heavy atom. The summed E-state index contributed by atoms with van der Waals surface area (Å²) in [6.45, 7) is 2.71. The van der Waals surface area contributed by atoms with Gasteiger partial charge in [0.25, 0.3) is 0 Å². The number of aromatic nitrogens is 2. The summed E-state index contributed by atoms with van der Waals surface area (Å²) in [5, 5.41) is 3.97. The fourth-order valence-corrected chi connectivity index (χ4v) is 0.877. The molecule has 1 aromatic heterocycles. The largest absolute Gasteiger partial charge is 0.368 e. The third kappa shape index (κ3) is 1.62. The van der Waals surface area contributed by atoms with Crippen LogP contribution in [0.3, 0.4) is 0 Å². The van der Waals surface area contributed by atoms with Gasteiger partial charge in [-0.25, -0.2) is 0 Å². The molecule has 66 valence electrons. The predicted octanol–water partition coefficient (Wildman–Crippen LogP) is -0.612. The van der Waals surface area contributed by atoms with Crippen LogP contribution < -0.4 is 11.5 Å². The van der Waals surface area contributed by atoms with Crippen LogP contribution in [0, 0.1) is 0 Å². The first-order valence-electron chi connectivity index (χ1n) is 3.72. The summed E-state index contributed by atoms with van der Waals surface area (Å²) in [6, 6.07) is -0.745. The third-order valence-corrected chi connectivity index (χ3v) is 1.64. The molecule has 1 aromatic rings. The van der Waals surface area contributed by atoms with Gasteiger partial charge in [0.1, 0.15) is 6.04 Å². The molecule has 1 amide bonds. The number of nitrogens with two attached hydrogens (primary N) is 2. The molecule has 0 saturated carbocycles. The second-order valence-corrected chi connectivity index (χ2v) is 2.51. The lowest BCUT2D eigenvalue weighted by Gasteiger charge is -2.01. The molecule has 0 spiro atoms. The van der Waals surface area contributed by atoms with Gasteiger partial charge in [-0.3, -0.25) is 9.48 Å². The zero-order valence-corrected chi connectivity index (χ0v) is 6.90. The molecule has 0 bridgehead atoms. The van der Waals surface area contributed by atoms with E-state index in [0.717, 1.165) is 6.54 Å². The Hall–Kier alpha value is -1.36. The highest BCUT2D eigenvalue weighted by Crippen LogP contribution is 2.07. The zero-order valence-electron chi connectivity index (χ0n) is 6.90. The maximum Gasteiger partial charge on any atom is 0.239 e. The molecule has 1 atom stereocenters. The van der Waals surface area contributed by atoms with Gasteiger partial charge < -0.3 is 11.5 Å². The van der Waals surface area contributed by atoms with Crippen molar-refractivity contribution in [2.45, 2.75) is 19.5 Å². The number of nitrogens with zero attached hydrogens (tertiary/aromatic N) is 2. The number of primary amides is 1. The van der Waals surface area contributed by atoms with Crippen LogP contribution in [0.25, 0.3) is 0 Å². The predicted molar refractivity (Wildman–Crippen MR) is 44.0 cm³/mol. The lowest BCUT2D eigenvalue weighted by molar-refractivity contribution is -0.119. The van der Waals surface area contributed by atoms with Crippen LogP contribution in [0.5, 0.6) is 0 Å². The molecule has 1 unspecified atom stereocenters. The van der Waals surface area contributed by atoms with Gasteiger partial charge in [-0.2, -0.15) is 5.10 Å². The van der Waals surface area contributed by atoms with Crippen LogP contribution in [0.15, 0.2) is 12.4 Å². The summed E-state index contributed by atoms with van der Waals surface area (Å²) in [4.78, 5) is 10.7. The number of hydrogen-bond acceptors (Lipinski definition) is 3. The van der Waals surface area contributed by atoms with E-state index in [1.54, 1.807) is 17.1 Å². The van der Waals surface area contributed by atoms with Crippen LogP contribution in [0.1, 0.15) is 18.5 Å². The molecule has 1 rings (SSSR count). The highest BCUT2D eigenvalue weighted by atomic mass is 16.1. The van der Waals surface area contributed by atoms with Crippen LogP contribution in [-0.2, 0) is 11.3 Å².